The molecule has 0 aliphatic rings. The molecule has 3 N–H and O–H groups in total. The Bertz CT molecular complexity index is 1010. The van der Waals surface area contributed by atoms with E-state index in [9.17, 15) is 19.8 Å². The lowest BCUT2D eigenvalue weighted by molar-refractivity contribution is -0.143. The monoisotopic (exact) mass is 872 g/mol. The summed E-state index contributed by atoms with van der Waals surface area (Å²) in [6, 6.07) is -0.635. The molecular formula is C56H105NO5. The fourth-order valence-corrected chi connectivity index (χ4v) is 8.15. The van der Waals surface area contributed by atoms with E-state index >= 15 is 0 Å². The van der Waals surface area contributed by atoms with Gasteiger partial charge in [0, 0.05) is 12.8 Å². The Morgan fingerprint density at radius 3 is 1.15 bits per heavy atom. The minimum Gasteiger partial charge on any atom is -0.466 e. The Kier molecular flexibility index (Phi) is 50.1. The van der Waals surface area contributed by atoms with Gasteiger partial charge in [0.05, 0.1) is 25.4 Å². The van der Waals surface area contributed by atoms with Crippen LogP contribution in [-0.2, 0) is 14.3 Å². The minimum absolute atomic E-state index is 0.00633. The summed E-state index contributed by atoms with van der Waals surface area (Å²) in [5.41, 5.74) is 0. The van der Waals surface area contributed by atoms with Gasteiger partial charge in [-0.2, -0.15) is 0 Å². The third kappa shape index (κ3) is 47.6. The Hall–Kier alpha value is -1.92. The highest BCUT2D eigenvalue weighted by Gasteiger charge is 2.18. The van der Waals surface area contributed by atoms with Crippen LogP contribution in [0.3, 0.4) is 0 Å². The molecule has 0 aromatic heterocycles. The van der Waals surface area contributed by atoms with Crippen molar-refractivity contribution in [2.75, 3.05) is 13.2 Å². The normalized spacial score (nSPS) is 12.9. The second kappa shape index (κ2) is 51.7. The fraction of sp³-hybridized carbons (Fsp3) is 0.857. The molecule has 0 radical (unpaired) electrons. The molecule has 6 heteroatoms. The van der Waals surface area contributed by atoms with Crippen LogP contribution in [0.5, 0.6) is 0 Å². The van der Waals surface area contributed by atoms with Crippen LogP contribution in [0.25, 0.3) is 0 Å². The van der Waals surface area contributed by atoms with Gasteiger partial charge in [0.15, 0.2) is 0 Å². The molecule has 62 heavy (non-hydrogen) atoms. The van der Waals surface area contributed by atoms with Crippen molar-refractivity contribution in [2.45, 2.75) is 296 Å². The van der Waals surface area contributed by atoms with Gasteiger partial charge >= 0.3 is 5.97 Å². The summed E-state index contributed by atoms with van der Waals surface area (Å²) in [7, 11) is 0. The van der Waals surface area contributed by atoms with Crippen molar-refractivity contribution in [3.63, 3.8) is 0 Å². The summed E-state index contributed by atoms with van der Waals surface area (Å²) in [6.07, 6.45) is 63.0. The lowest BCUT2D eigenvalue weighted by atomic mass is 10.1. The Morgan fingerprint density at radius 2 is 0.758 bits per heavy atom. The molecule has 2 atom stereocenters. The van der Waals surface area contributed by atoms with Gasteiger partial charge in [-0.25, -0.2) is 0 Å². The van der Waals surface area contributed by atoms with E-state index in [2.05, 4.69) is 43.5 Å². The predicted octanol–water partition coefficient (Wildman–Crippen LogP) is 16.5. The van der Waals surface area contributed by atoms with E-state index in [1.165, 1.54) is 199 Å². The fourth-order valence-electron chi connectivity index (χ4n) is 8.15. The molecule has 1 amide bonds. The molecule has 0 saturated heterocycles. The van der Waals surface area contributed by atoms with E-state index in [0.717, 1.165) is 57.8 Å². The SMILES string of the molecule is CCCCCCCCC/C=C\CCCCCCCCCC(=O)OCCCCCCCC/C=C\CCCCCCCCCC(=O)NC(CO)C(O)/C=C/CCCCCCCCCC. The van der Waals surface area contributed by atoms with Crippen LogP contribution in [0.1, 0.15) is 284 Å². The largest absolute Gasteiger partial charge is 0.466 e. The highest BCUT2D eigenvalue weighted by molar-refractivity contribution is 5.76. The number of aliphatic hydroxyl groups excluding tert-OH is 2. The number of esters is 1. The van der Waals surface area contributed by atoms with Crippen molar-refractivity contribution in [1.29, 1.82) is 0 Å². The number of rotatable bonds is 50. The standard InChI is InChI=1S/C56H105NO5/c1-3-5-7-9-11-13-15-16-17-18-21-24-27-30-34-38-42-46-50-56(61)62-51-47-43-39-35-31-28-25-22-19-20-23-26-29-33-37-41-45-49-55(60)57-53(52-58)54(59)48-44-40-36-32-14-12-10-8-6-4-2/h17-19,22,44,48,53-54,58-59H,3-16,20-21,23-43,45-47,49-52H2,1-2H3,(H,57,60)/b18-17-,22-19-,48-44+. The maximum atomic E-state index is 12.4. The smallest absolute Gasteiger partial charge is 0.305 e. The quantitative estimate of drug-likeness (QED) is 0.0321. The molecule has 0 aromatic carbocycles. The zero-order valence-corrected chi connectivity index (χ0v) is 41.4. The number of carbonyl (C=O) groups excluding carboxylic acids is 2. The van der Waals surface area contributed by atoms with Crippen LogP contribution in [0.4, 0.5) is 0 Å². The van der Waals surface area contributed by atoms with Crippen molar-refractivity contribution >= 4 is 11.9 Å². The topological polar surface area (TPSA) is 95.9 Å². The molecule has 0 bridgehead atoms. The van der Waals surface area contributed by atoms with E-state index in [1.807, 2.05) is 6.08 Å². The molecule has 0 saturated carbocycles. The van der Waals surface area contributed by atoms with Crippen LogP contribution >= 0.6 is 0 Å². The van der Waals surface area contributed by atoms with Crippen LogP contribution < -0.4 is 5.32 Å². The zero-order chi connectivity index (χ0) is 45.1. The molecule has 6 nitrogen and oxygen atoms in total. The molecule has 0 spiro atoms. The molecule has 0 heterocycles. The number of allylic oxidation sites excluding steroid dienone is 5. The first-order chi connectivity index (χ1) is 30.5. The molecule has 0 fully saturated rings. The number of hydrogen-bond acceptors (Lipinski definition) is 5. The van der Waals surface area contributed by atoms with Crippen LogP contribution in [-0.4, -0.2) is 47.4 Å². The van der Waals surface area contributed by atoms with E-state index < -0.39 is 12.1 Å². The molecule has 0 rings (SSSR count). The number of amides is 1. The number of aliphatic hydroxyl groups is 2. The predicted molar refractivity (Wildman–Crippen MR) is 269 cm³/mol. The van der Waals surface area contributed by atoms with Gasteiger partial charge in [-0.05, 0) is 83.5 Å². The highest BCUT2D eigenvalue weighted by Crippen LogP contribution is 2.15. The summed E-state index contributed by atoms with van der Waals surface area (Å²) in [4.78, 5) is 24.4. The van der Waals surface area contributed by atoms with Crippen molar-refractivity contribution in [2.24, 2.45) is 0 Å². The van der Waals surface area contributed by atoms with Gasteiger partial charge in [0.2, 0.25) is 5.91 Å². The maximum absolute atomic E-state index is 12.4. The van der Waals surface area contributed by atoms with E-state index in [1.54, 1.807) is 6.08 Å². The number of carbonyl (C=O) groups is 2. The van der Waals surface area contributed by atoms with Crippen LogP contribution in [0.2, 0.25) is 0 Å². The van der Waals surface area contributed by atoms with Gasteiger partial charge in [0.25, 0.3) is 0 Å². The molecule has 0 aromatic rings. The van der Waals surface area contributed by atoms with Gasteiger partial charge in [-0.1, -0.05) is 224 Å². The Balaban J connectivity index is 3.45. The molecule has 2 unspecified atom stereocenters. The summed E-state index contributed by atoms with van der Waals surface area (Å²) < 4.78 is 5.47. The lowest BCUT2D eigenvalue weighted by Gasteiger charge is -2.20. The molecule has 364 valence electrons. The summed E-state index contributed by atoms with van der Waals surface area (Å²) >= 11 is 0. The second-order valence-electron chi connectivity index (χ2n) is 18.5. The van der Waals surface area contributed by atoms with Gasteiger partial charge in [-0.3, -0.25) is 9.59 Å². The number of nitrogens with one attached hydrogen (secondary N) is 1. The van der Waals surface area contributed by atoms with Crippen LogP contribution in [0.15, 0.2) is 36.5 Å². The van der Waals surface area contributed by atoms with E-state index in [4.69, 9.17) is 4.74 Å². The van der Waals surface area contributed by atoms with Gasteiger partial charge < -0.3 is 20.3 Å². The highest BCUT2D eigenvalue weighted by atomic mass is 16.5. The summed E-state index contributed by atoms with van der Waals surface area (Å²) in [5, 5.41) is 22.9. The molecule has 0 aliphatic heterocycles. The van der Waals surface area contributed by atoms with E-state index in [-0.39, 0.29) is 18.5 Å². The number of hydrogen-bond donors (Lipinski definition) is 3. The third-order valence-electron chi connectivity index (χ3n) is 12.4. The summed E-state index contributed by atoms with van der Waals surface area (Å²) in [6.45, 7) is 4.86. The van der Waals surface area contributed by atoms with Crippen LogP contribution in [0, 0.1) is 0 Å². The van der Waals surface area contributed by atoms with Crippen molar-refractivity contribution in [1.82, 2.24) is 5.32 Å². The Morgan fingerprint density at radius 1 is 0.435 bits per heavy atom. The molecular weight excluding hydrogens is 767 g/mol. The third-order valence-corrected chi connectivity index (χ3v) is 12.4. The van der Waals surface area contributed by atoms with E-state index in [0.29, 0.717) is 19.4 Å². The maximum Gasteiger partial charge on any atom is 0.305 e. The number of unbranched alkanes of at least 4 members (excludes halogenated alkanes) is 35. The Labute approximate surface area is 385 Å². The molecule has 0 aliphatic carbocycles. The summed E-state index contributed by atoms with van der Waals surface area (Å²) in [5.74, 6) is -0.0890. The zero-order valence-electron chi connectivity index (χ0n) is 41.4. The van der Waals surface area contributed by atoms with Gasteiger partial charge in [-0.15, -0.1) is 0 Å². The minimum atomic E-state index is -0.850. The average molecular weight is 872 g/mol. The first-order valence-corrected chi connectivity index (χ1v) is 27.3. The average Bonchev–Trinajstić information content (AvgIpc) is 3.27. The van der Waals surface area contributed by atoms with Gasteiger partial charge in [0.1, 0.15) is 0 Å². The van der Waals surface area contributed by atoms with Crippen molar-refractivity contribution < 1.29 is 24.5 Å². The van der Waals surface area contributed by atoms with Crippen molar-refractivity contribution in [3.05, 3.63) is 36.5 Å². The number of ether oxygens (including phenoxy) is 1. The second-order valence-corrected chi connectivity index (χ2v) is 18.5. The van der Waals surface area contributed by atoms with Crippen molar-refractivity contribution in [3.8, 4) is 0 Å². The first kappa shape index (κ1) is 60.1. The first-order valence-electron chi connectivity index (χ1n) is 27.3. The lowest BCUT2D eigenvalue weighted by Crippen LogP contribution is -2.45.